The molecular formula is C17H15F2N3O3. The first-order valence-corrected chi connectivity index (χ1v) is 7.33. The second-order valence-corrected chi connectivity index (χ2v) is 5.46. The molecule has 25 heavy (non-hydrogen) atoms. The van der Waals surface area contributed by atoms with Gasteiger partial charge in [0.15, 0.2) is 11.5 Å². The summed E-state index contributed by atoms with van der Waals surface area (Å²) in [5.74, 6) is -0.660. The Kier molecular flexibility index (Phi) is 4.03. The molecule has 0 bridgehead atoms. The van der Waals surface area contributed by atoms with Crippen molar-refractivity contribution in [2.75, 3.05) is 7.05 Å². The van der Waals surface area contributed by atoms with E-state index < -0.39 is 18.1 Å². The van der Waals surface area contributed by atoms with Gasteiger partial charge in [-0.15, -0.1) is 0 Å². The highest BCUT2D eigenvalue weighted by molar-refractivity contribution is 6.09. The number of ether oxygens (including phenoxy) is 1. The van der Waals surface area contributed by atoms with Crippen molar-refractivity contribution in [3.8, 4) is 11.5 Å². The summed E-state index contributed by atoms with van der Waals surface area (Å²) in [5, 5.41) is 10.3. The number of carbonyl (C=O) groups is 1. The summed E-state index contributed by atoms with van der Waals surface area (Å²) in [6.07, 6.45) is 0. The van der Waals surface area contributed by atoms with Gasteiger partial charge in [-0.2, -0.15) is 8.78 Å². The molecule has 1 aliphatic heterocycles. The Morgan fingerprint density at radius 1 is 1.20 bits per heavy atom. The van der Waals surface area contributed by atoms with Crippen molar-refractivity contribution in [3.05, 3.63) is 59.7 Å². The van der Waals surface area contributed by atoms with E-state index in [0.29, 0.717) is 5.56 Å². The van der Waals surface area contributed by atoms with Crippen molar-refractivity contribution in [3.63, 3.8) is 0 Å². The van der Waals surface area contributed by atoms with Crippen LogP contribution in [0.1, 0.15) is 11.1 Å². The summed E-state index contributed by atoms with van der Waals surface area (Å²) < 4.78 is 29.0. The van der Waals surface area contributed by atoms with Gasteiger partial charge in [-0.3, -0.25) is 9.69 Å². The Labute approximate surface area is 142 Å². The number of hydrogen-bond donors (Lipinski definition) is 2. The summed E-state index contributed by atoms with van der Waals surface area (Å²) >= 11 is 0. The lowest BCUT2D eigenvalue weighted by molar-refractivity contribution is -0.129. The van der Waals surface area contributed by atoms with E-state index in [4.69, 9.17) is 5.73 Å². The van der Waals surface area contributed by atoms with Crippen LogP contribution < -0.4 is 10.5 Å². The van der Waals surface area contributed by atoms with Crippen molar-refractivity contribution < 1.29 is 23.4 Å². The zero-order chi connectivity index (χ0) is 18.2. The minimum Gasteiger partial charge on any atom is -0.508 e. The maximum absolute atomic E-state index is 12.9. The summed E-state index contributed by atoms with van der Waals surface area (Å²) in [4.78, 5) is 18.4. The third-order valence-corrected chi connectivity index (χ3v) is 4.03. The van der Waals surface area contributed by atoms with Crippen molar-refractivity contribution in [1.29, 1.82) is 0 Å². The number of alkyl halides is 2. The van der Waals surface area contributed by atoms with Crippen LogP contribution in [0.3, 0.4) is 0 Å². The van der Waals surface area contributed by atoms with Crippen LogP contribution in [0.5, 0.6) is 11.5 Å². The fourth-order valence-electron chi connectivity index (χ4n) is 2.82. The lowest BCUT2D eigenvalue weighted by Crippen LogP contribution is -2.41. The van der Waals surface area contributed by atoms with Crippen LogP contribution in [0.2, 0.25) is 0 Å². The fourth-order valence-corrected chi connectivity index (χ4v) is 2.82. The minimum atomic E-state index is -2.95. The van der Waals surface area contributed by atoms with E-state index in [1.54, 1.807) is 18.2 Å². The second-order valence-electron chi connectivity index (χ2n) is 5.46. The molecule has 0 spiro atoms. The highest BCUT2D eigenvalue weighted by Gasteiger charge is 2.50. The molecule has 0 saturated heterocycles. The van der Waals surface area contributed by atoms with Gasteiger partial charge < -0.3 is 15.6 Å². The van der Waals surface area contributed by atoms with Crippen molar-refractivity contribution >= 4 is 11.9 Å². The summed E-state index contributed by atoms with van der Waals surface area (Å²) in [6, 6.07) is 11.8. The maximum Gasteiger partial charge on any atom is 0.387 e. The molecule has 0 saturated carbocycles. The SMILES string of the molecule is CN1C(=O)C(c2ccc(OC(F)F)cc2)(c2ccccc2O)N=C1N. The standard InChI is InChI=1S/C17H15F2N3O3/c1-22-14(24)17(21-16(22)20,12-4-2-3-5-13(12)23)10-6-8-11(9-7-10)25-15(18)19/h2-9,15,23H,1H3,(H2,20,21). The first kappa shape index (κ1) is 16.7. The lowest BCUT2D eigenvalue weighted by Gasteiger charge is -2.26. The number of guanidine groups is 1. The molecule has 1 amide bonds. The molecule has 0 aliphatic carbocycles. The average molecular weight is 347 g/mol. The minimum absolute atomic E-state index is 0.0128. The van der Waals surface area contributed by atoms with Gasteiger partial charge >= 0.3 is 6.61 Å². The van der Waals surface area contributed by atoms with Gasteiger partial charge in [-0.05, 0) is 23.8 Å². The Morgan fingerprint density at radius 2 is 1.84 bits per heavy atom. The molecule has 0 radical (unpaired) electrons. The van der Waals surface area contributed by atoms with Crippen LogP contribution in [0.4, 0.5) is 8.78 Å². The number of para-hydroxylation sites is 1. The first-order valence-electron chi connectivity index (χ1n) is 7.33. The number of nitrogens with zero attached hydrogens (tertiary/aromatic N) is 2. The van der Waals surface area contributed by atoms with Crippen LogP contribution in [0.15, 0.2) is 53.5 Å². The van der Waals surface area contributed by atoms with E-state index in [0.717, 1.165) is 0 Å². The molecule has 8 heteroatoms. The van der Waals surface area contributed by atoms with Gasteiger partial charge in [-0.25, -0.2) is 4.99 Å². The quantitative estimate of drug-likeness (QED) is 0.886. The molecule has 3 rings (SSSR count). The third kappa shape index (κ3) is 2.65. The van der Waals surface area contributed by atoms with Crippen molar-refractivity contribution in [2.45, 2.75) is 12.2 Å². The molecule has 1 unspecified atom stereocenters. The van der Waals surface area contributed by atoms with Gasteiger partial charge in [0.1, 0.15) is 11.5 Å². The summed E-state index contributed by atoms with van der Waals surface area (Å²) in [5.41, 5.74) is 4.84. The molecule has 2 aromatic rings. The molecule has 1 aliphatic rings. The van der Waals surface area contributed by atoms with Gasteiger partial charge in [0.2, 0.25) is 0 Å². The van der Waals surface area contributed by atoms with E-state index in [9.17, 15) is 18.7 Å². The van der Waals surface area contributed by atoms with Crippen LogP contribution in [0.25, 0.3) is 0 Å². The third-order valence-electron chi connectivity index (χ3n) is 4.03. The maximum atomic E-state index is 12.9. The number of amides is 1. The van der Waals surface area contributed by atoms with Gasteiger partial charge in [0, 0.05) is 12.6 Å². The van der Waals surface area contributed by atoms with Crippen LogP contribution in [0, 0.1) is 0 Å². The normalized spacial score (nSPS) is 20.1. The van der Waals surface area contributed by atoms with E-state index in [2.05, 4.69) is 9.73 Å². The zero-order valence-electron chi connectivity index (χ0n) is 13.2. The van der Waals surface area contributed by atoms with Crippen molar-refractivity contribution in [1.82, 2.24) is 4.90 Å². The predicted octanol–water partition coefficient (Wildman–Crippen LogP) is 2.02. The van der Waals surface area contributed by atoms with Gasteiger partial charge in [-0.1, -0.05) is 30.3 Å². The Morgan fingerprint density at radius 3 is 2.36 bits per heavy atom. The molecule has 130 valence electrons. The number of hydrogen-bond acceptors (Lipinski definition) is 5. The number of aromatic hydroxyl groups is 1. The monoisotopic (exact) mass is 347 g/mol. The van der Waals surface area contributed by atoms with E-state index >= 15 is 0 Å². The van der Waals surface area contributed by atoms with Crippen molar-refractivity contribution in [2.24, 2.45) is 10.7 Å². The van der Waals surface area contributed by atoms with Crippen LogP contribution in [-0.2, 0) is 10.3 Å². The highest BCUT2D eigenvalue weighted by atomic mass is 19.3. The lowest BCUT2D eigenvalue weighted by atomic mass is 9.82. The predicted molar refractivity (Wildman–Crippen MR) is 86.4 cm³/mol. The smallest absolute Gasteiger partial charge is 0.387 e. The number of nitrogens with two attached hydrogens (primary N) is 1. The summed E-state index contributed by atoms with van der Waals surface area (Å²) in [7, 11) is 1.47. The van der Waals surface area contributed by atoms with E-state index in [1.165, 1.54) is 42.3 Å². The highest BCUT2D eigenvalue weighted by Crippen LogP contribution is 2.43. The zero-order valence-corrected chi connectivity index (χ0v) is 13.2. The molecule has 2 aromatic carbocycles. The van der Waals surface area contributed by atoms with E-state index in [-0.39, 0.29) is 23.0 Å². The van der Waals surface area contributed by atoms with E-state index in [1.807, 2.05) is 0 Å². The Balaban J connectivity index is 2.17. The Hall–Kier alpha value is -3.16. The number of halogens is 2. The average Bonchev–Trinajstić information content (AvgIpc) is 2.80. The van der Waals surface area contributed by atoms with Crippen LogP contribution in [-0.4, -0.2) is 35.5 Å². The molecular weight excluding hydrogens is 332 g/mol. The fraction of sp³-hybridized carbons (Fsp3) is 0.176. The van der Waals surface area contributed by atoms with Crippen LogP contribution >= 0.6 is 0 Å². The molecule has 0 aromatic heterocycles. The van der Waals surface area contributed by atoms with Gasteiger partial charge in [0.25, 0.3) is 5.91 Å². The number of phenols is 1. The largest absolute Gasteiger partial charge is 0.508 e. The topological polar surface area (TPSA) is 88.2 Å². The number of aliphatic imine (C=N–C) groups is 1. The number of carbonyl (C=O) groups excluding carboxylic acids is 1. The number of benzene rings is 2. The first-order chi connectivity index (χ1) is 11.9. The number of likely N-dealkylation sites (N-methyl/N-ethyl adjacent to an activating group) is 1. The molecule has 3 N–H and O–H groups in total. The Bertz CT molecular complexity index is 839. The second kappa shape index (κ2) is 6.04. The molecule has 1 heterocycles. The van der Waals surface area contributed by atoms with Gasteiger partial charge in [0.05, 0.1) is 0 Å². The number of phenolic OH excluding ortho intramolecular Hbond substituents is 1. The molecule has 6 nitrogen and oxygen atoms in total. The number of rotatable bonds is 4. The summed E-state index contributed by atoms with van der Waals surface area (Å²) in [6.45, 7) is -2.95. The molecule has 0 fully saturated rings. The molecule has 1 atom stereocenters.